The third kappa shape index (κ3) is 1.70. The number of nitrogens with zero attached hydrogens (tertiary/aromatic N) is 2. The zero-order chi connectivity index (χ0) is 8.43. The summed E-state index contributed by atoms with van der Waals surface area (Å²) >= 11 is 0. The van der Waals surface area contributed by atoms with E-state index in [9.17, 15) is 14.5 Å². The molecule has 4 nitrogen and oxygen atoms in total. The molecule has 0 bridgehead atoms. The van der Waals surface area contributed by atoms with Crippen LogP contribution in [0.5, 0.6) is 0 Å². The molecule has 0 aromatic carbocycles. The van der Waals surface area contributed by atoms with Gasteiger partial charge in [0.2, 0.25) is 5.95 Å². The van der Waals surface area contributed by atoms with Crippen LogP contribution >= 0.6 is 0 Å². The van der Waals surface area contributed by atoms with Gasteiger partial charge < -0.3 is 0 Å². The first kappa shape index (κ1) is 7.59. The Hall–Kier alpha value is -1.52. The van der Waals surface area contributed by atoms with E-state index in [1.54, 1.807) is 0 Å². The average Bonchev–Trinajstić information content (AvgIpc) is 1.85. The molecule has 0 aliphatic rings. The normalized spacial score (nSPS) is 9.64. The van der Waals surface area contributed by atoms with Crippen molar-refractivity contribution in [3.05, 3.63) is 33.9 Å². The maximum Gasteiger partial charge on any atom is 0.275 e. The van der Waals surface area contributed by atoms with Gasteiger partial charge in [0.05, 0.1) is 11.0 Å². The molecule has 1 heterocycles. The summed E-state index contributed by atoms with van der Waals surface area (Å²) in [5, 5.41) is 10.1. The highest BCUT2D eigenvalue weighted by Crippen LogP contribution is 2.11. The van der Waals surface area contributed by atoms with E-state index in [-0.39, 0.29) is 5.69 Å². The number of nitro groups is 1. The first-order valence-corrected chi connectivity index (χ1v) is 2.88. The monoisotopic (exact) mass is 156 g/mol. The summed E-state index contributed by atoms with van der Waals surface area (Å²) in [5.74, 6) is -0.822. The third-order valence-electron chi connectivity index (χ3n) is 1.12. The van der Waals surface area contributed by atoms with E-state index in [4.69, 9.17) is 0 Å². The number of hydrogen-bond donors (Lipinski definition) is 0. The second-order valence-corrected chi connectivity index (χ2v) is 2.05. The number of aromatic nitrogens is 1. The van der Waals surface area contributed by atoms with Gasteiger partial charge in [0.15, 0.2) is 0 Å². The van der Waals surface area contributed by atoms with Crippen molar-refractivity contribution in [3.8, 4) is 0 Å². The van der Waals surface area contributed by atoms with E-state index in [0.29, 0.717) is 5.69 Å². The minimum atomic E-state index is -0.822. The van der Waals surface area contributed by atoms with Gasteiger partial charge in [-0.05, 0) is 6.92 Å². The first-order chi connectivity index (χ1) is 5.09. The summed E-state index contributed by atoms with van der Waals surface area (Å²) in [6, 6.07) is 2.00. The molecule has 0 aliphatic heterocycles. The molecule has 1 aromatic rings. The standard InChI is InChI=1S/C6H5FN2O2/c1-4-2-5(9(10)11)3-6(7)8-4/h2-3H,1H3. The molecule has 1 aromatic heterocycles. The Balaban J connectivity index is 3.19. The molecule has 0 saturated carbocycles. The van der Waals surface area contributed by atoms with E-state index >= 15 is 0 Å². The summed E-state index contributed by atoms with van der Waals surface area (Å²) in [6.45, 7) is 1.50. The molecule has 0 radical (unpaired) electrons. The maximum atomic E-state index is 12.4. The SMILES string of the molecule is Cc1cc([N+](=O)[O-])cc(F)n1. The van der Waals surface area contributed by atoms with Crippen LogP contribution in [0, 0.1) is 23.0 Å². The number of aryl methyl sites for hydroxylation is 1. The van der Waals surface area contributed by atoms with Crippen LogP contribution in [0.3, 0.4) is 0 Å². The Morgan fingerprint density at radius 2 is 2.27 bits per heavy atom. The Kier molecular flexibility index (Phi) is 1.80. The smallest absolute Gasteiger partial charge is 0.258 e. The molecule has 0 amide bonds. The lowest BCUT2D eigenvalue weighted by Gasteiger charge is -1.92. The third-order valence-corrected chi connectivity index (χ3v) is 1.12. The minimum absolute atomic E-state index is 0.269. The predicted molar refractivity (Wildman–Crippen MR) is 35.6 cm³/mol. The summed E-state index contributed by atoms with van der Waals surface area (Å²) in [7, 11) is 0. The highest BCUT2D eigenvalue weighted by Gasteiger charge is 2.07. The van der Waals surface area contributed by atoms with E-state index in [1.165, 1.54) is 13.0 Å². The number of pyridine rings is 1. The molecule has 0 spiro atoms. The van der Waals surface area contributed by atoms with Crippen LogP contribution in [-0.4, -0.2) is 9.91 Å². The van der Waals surface area contributed by atoms with Gasteiger partial charge in [-0.15, -0.1) is 0 Å². The molecule has 0 atom stereocenters. The van der Waals surface area contributed by atoms with Crippen LogP contribution in [-0.2, 0) is 0 Å². The van der Waals surface area contributed by atoms with Gasteiger partial charge in [-0.2, -0.15) is 4.39 Å². The summed E-state index contributed by atoms with van der Waals surface area (Å²) in [4.78, 5) is 12.8. The quantitative estimate of drug-likeness (QED) is 0.351. The summed E-state index contributed by atoms with van der Waals surface area (Å²) in [6.07, 6.45) is 0. The topological polar surface area (TPSA) is 56.0 Å². The van der Waals surface area contributed by atoms with Gasteiger partial charge in [0.25, 0.3) is 5.69 Å². The van der Waals surface area contributed by atoms with Gasteiger partial charge in [-0.1, -0.05) is 0 Å². The van der Waals surface area contributed by atoms with E-state index in [1.807, 2.05) is 0 Å². The van der Waals surface area contributed by atoms with E-state index in [0.717, 1.165) is 6.07 Å². The minimum Gasteiger partial charge on any atom is -0.258 e. The molecular weight excluding hydrogens is 151 g/mol. The van der Waals surface area contributed by atoms with Gasteiger partial charge >= 0.3 is 0 Å². The Morgan fingerprint density at radius 3 is 2.73 bits per heavy atom. The molecular formula is C6H5FN2O2. The second kappa shape index (κ2) is 2.61. The largest absolute Gasteiger partial charge is 0.275 e. The zero-order valence-corrected chi connectivity index (χ0v) is 5.74. The van der Waals surface area contributed by atoms with Crippen LogP contribution in [0.1, 0.15) is 5.69 Å². The molecule has 0 aliphatic carbocycles. The van der Waals surface area contributed by atoms with Gasteiger partial charge in [0.1, 0.15) is 0 Å². The van der Waals surface area contributed by atoms with Crippen molar-refractivity contribution < 1.29 is 9.31 Å². The molecule has 58 valence electrons. The van der Waals surface area contributed by atoms with Crippen molar-refractivity contribution in [1.29, 1.82) is 0 Å². The predicted octanol–water partition coefficient (Wildman–Crippen LogP) is 1.44. The molecule has 11 heavy (non-hydrogen) atoms. The van der Waals surface area contributed by atoms with Crippen molar-refractivity contribution in [2.45, 2.75) is 6.92 Å². The van der Waals surface area contributed by atoms with Gasteiger partial charge in [-0.3, -0.25) is 10.1 Å². The van der Waals surface area contributed by atoms with Gasteiger partial charge in [0, 0.05) is 11.8 Å². The van der Waals surface area contributed by atoms with Crippen LogP contribution < -0.4 is 0 Å². The average molecular weight is 156 g/mol. The van der Waals surface area contributed by atoms with Gasteiger partial charge in [-0.25, -0.2) is 4.98 Å². The molecule has 0 saturated heterocycles. The Bertz CT molecular complexity index is 280. The van der Waals surface area contributed by atoms with Crippen molar-refractivity contribution >= 4 is 5.69 Å². The fraction of sp³-hybridized carbons (Fsp3) is 0.167. The highest BCUT2D eigenvalue weighted by atomic mass is 19.1. The van der Waals surface area contributed by atoms with Crippen LogP contribution in [0.2, 0.25) is 0 Å². The Morgan fingerprint density at radius 1 is 1.64 bits per heavy atom. The van der Waals surface area contributed by atoms with Crippen LogP contribution in [0.4, 0.5) is 10.1 Å². The Labute approximate surface area is 61.8 Å². The number of halogens is 1. The first-order valence-electron chi connectivity index (χ1n) is 2.88. The second-order valence-electron chi connectivity index (χ2n) is 2.05. The summed E-state index contributed by atoms with van der Waals surface area (Å²) in [5.41, 5.74) is 0.0340. The highest BCUT2D eigenvalue weighted by molar-refractivity contribution is 5.29. The van der Waals surface area contributed by atoms with Crippen LogP contribution in [0.15, 0.2) is 12.1 Å². The van der Waals surface area contributed by atoms with E-state index in [2.05, 4.69) is 4.98 Å². The zero-order valence-electron chi connectivity index (χ0n) is 5.74. The molecule has 5 heteroatoms. The fourth-order valence-corrected chi connectivity index (χ4v) is 0.716. The molecule has 1 rings (SSSR count). The summed E-state index contributed by atoms with van der Waals surface area (Å²) < 4.78 is 12.4. The number of hydrogen-bond acceptors (Lipinski definition) is 3. The lowest BCUT2D eigenvalue weighted by molar-refractivity contribution is -0.385. The van der Waals surface area contributed by atoms with Crippen molar-refractivity contribution in [2.24, 2.45) is 0 Å². The number of rotatable bonds is 1. The molecule has 0 fully saturated rings. The molecule has 0 unspecified atom stereocenters. The van der Waals surface area contributed by atoms with E-state index < -0.39 is 10.9 Å². The van der Waals surface area contributed by atoms with Crippen molar-refractivity contribution in [2.75, 3.05) is 0 Å². The van der Waals surface area contributed by atoms with Crippen LogP contribution in [0.25, 0.3) is 0 Å². The molecule has 0 N–H and O–H groups in total. The lowest BCUT2D eigenvalue weighted by Crippen LogP contribution is -1.93. The van der Waals surface area contributed by atoms with Crippen molar-refractivity contribution in [3.63, 3.8) is 0 Å². The maximum absolute atomic E-state index is 12.4. The van der Waals surface area contributed by atoms with Crippen molar-refractivity contribution in [1.82, 2.24) is 4.98 Å². The fourth-order valence-electron chi connectivity index (χ4n) is 0.716. The lowest BCUT2D eigenvalue weighted by atomic mass is 10.3.